The first-order valence-electron chi connectivity index (χ1n) is 11.1. The normalized spacial score (nSPS) is 14.9. The van der Waals surface area contributed by atoms with E-state index in [1.165, 1.54) is 12.1 Å². The highest BCUT2D eigenvalue weighted by Gasteiger charge is 2.29. The van der Waals surface area contributed by atoms with Gasteiger partial charge in [0.15, 0.2) is 0 Å². The number of likely N-dealkylation sites (tertiary alicyclic amines) is 1. The van der Waals surface area contributed by atoms with Crippen molar-refractivity contribution in [1.82, 2.24) is 19.4 Å². The van der Waals surface area contributed by atoms with Crippen LogP contribution in [0, 0.1) is 5.82 Å². The third-order valence-corrected chi connectivity index (χ3v) is 5.64. The average molecular weight is 453 g/mol. The largest absolute Gasteiger partial charge is 0.481 e. The van der Waals surface area contributed by atoms with E-state index in [1.54, 1.807) is 30.3 Å². The van der Waals surface area contributed by atoms with Crippen molar-refractivity contribution >= 4 is 6.09 Å². The number of benzene rings is 1. The topological polar surface area (TPSA) is 69.5 Å². The van der Waals surface area contributed by atoms with Gasteiger partial charge < -0.3 is 18.9 Å². The molecule has 0 atom stereocenters. The molecule has 0 aliphatic carbocycles. The monoisotopic (exact) mass is 452 g/mol. The van der Waals surface area contributed by atoms with E-state index in [2.05, 4.69) is 9.55 Å². The molecule has 3 heterocycles. The van der Waals surface area contributed by atoms with Gasteiger partial charge in [0.1, 0.15) is 11.4 Å². The van der Waals surface area contributed by atoms with Crippen molar-refractivity contribution in [3.63, 3.8) is 0 Å². The summed E-state index contributed by atoms with van der Waals surface area (Å²) in [5, 5.41) is 0. The molecule has 1 fully saturated rings. The van der Waals surface area contributed by atoms with E-state index in [1.807, 2.05) is 39.2 Å². The molecule has 2 aromatic heterocycles. The Hall–Kier alpha value is -3.42. The Morgan fingerprint density at radius 1 is 1.06 bits per heavy atom. The molecule has 0 unspecified atom stereocenters. The third-order valence-electron chi connectivity index (χ3n) is 5.64. The number of imidazole rings is 1. The van der Waals surface area contributed by atoms with Crippen molar-refractivity contribution in [1.29, 1.82) is 0 Å². The smallest absolute Gasteiger partial charge is 0.410 e. The Morgan fingerprint density at radius 3 is 2.39 bits per heavy atom. The molecule has 3 aromatic rings. The summed E-state index contributed by atoms with van der Waals surface area (Å²) < 4.78 is 26.5. The number of carbonyl (C=O) groups is 1. The van der Waals surface area contributed by atoms with Crippen molar-refractivity contribution in [2.75, 3.05) is 20.2 Å². The van der Waals surface area contributed by atoms with Crippen LogP contribution >= 0.6 is 0 Å². The minimum absolute atomic E-state index is 0.152. The number of rotatable bonds is 4. The number of nitrogens with zero attached hydrogens (tertiary/aromatic N) is 4. The second kappa shape index (κ2) is 9.21. The minimum atomic E-state index is -0.518. The van der Waals surface area contributed by atoms with Crippen LogP contribution < -0.4 is 4.74 Å². The number of ether oxygens (including phenoxy) is 2. The average Bonchev–Trinajstić information content (AvgIpc) is 3.24. The quantitative estimate of drug-likeness (QED) is 0.535. The lowest BCUT2D eigenvalue weighted by atomic mass is 10.0. The van der Waals surface area contributed by atoms with E-state index < -0.39 is 5.60 Å². The number of aromatic nitrogens is 3. The van der Waals surface area contributed by atoms with Crippen molar-refractivity contribution in [2.24, 2.45) is 0 Å². The molecular weight excluding hydrogens is 423 g/mol. The Morgan fingerprint density at radius 2 is 1.76 bits per heavy atom. The van der Waals surface area contributed by atoms with E-state index in [-0.39, 0.29) is 18.0 Å². The predicted molar refractivity (Wildman–Crippen MR) is 123 cm³/mol. The molecule has 1 aromatic carbocycles. The van der Waals surface area contributed by atoms with Crippen LogP contribution in [0.1, 0.15) is 39.7 Å². The number of methoxy groups -OCH3 is 1. The maximum absolute atomic E-state index is 13.5. The van der Waals surface area contributed by atoms with E-state index in [4.69, 9.17) is 14.5 Å². The fourth-order valence-corrected chi connectivity index (χ4v) is 4.06. The van der Waals surface area contributed by atoms with Gasteiger partial charge in [-0.1, -0.05) is 0 Å². The van der Waals surface area contributed by atoms with Gasteiger partial charge in [-0.25, -0.2) is 19.2 Å². The van der Waals surface area contributed by atoms with Crippen LogP contribution in [0.5, 0.6) is 5.88 Å². The maximum Gasteiger partial charge on any atom is 0.410 e. The number of halogens is 1. The summed E-state index contributed by atoms with van der Waals surface area (Å²) in [6.07, 6.45) is 4.79. The number of amides is 1. The second-order valence-corrected chi connectivity index (χ2v) is 9.14. The van der Waals surface area contributed by atoms with Crippen molar-refractivity contribution < 1.29 is 18.7 Å². The molecule has 1 aliphatic heterocycles. The molecule has 33 heavy (non-hydrogen) atoms. The van der Waals surface area contributed by atoms with Gasteiger partial charge in [0.25, 0.3) is 0 Å². The summed E-state index contributed by atoms with van der Waals surface area (Å²) in [7, 11) is 1.58. The van der Waals surface area contributed by atoms with Crippen LogP contribution in [0.2, 0.25) is 0 Å². The van der Waals surface area contributed by atoms with Crippen LogP contribution in [-0.4, -0.2) is 51.3 Å². The highest BCUT2D eigenvalue weighted by atomic mass is 19.1. The summed E-state index contributed by atoms with van der Waals surface area (Å²) in [4.78, 5) is 23.1. The van der Waals surface area contributed by atoms with Gasteiger partial charge >= 0.3 is 6.09 Å². The highest BCUT2D eigenvalue weighted by Crippen LogP contribution is 2.37. The number of piperidine rings is 1. The summed E-state index contributed by atoms with van der Waals surface area (Å²) in [5.41, 5.74) is 2.90. The maximum atomic E-state index is 13.5. The summed E-state index contributed by atoms with van der Waals surface area (Å²) >= 11 is 0. The van der Waals surface area contributed by atoms with Gasteiger partial charge in [-0.2, -0.15) is 0 Å². The molecule has 0 spiro atoms. The number of hydrogen-bond acceptors (Lipinski definition) is 5. The molecule has 7 nitrogen and oxygen atoms in total. The molecule has 8 heteroatoms. The van der Waals surface area contributed by atoms with Crippen molar-refractivity contribution in [2.45, 2.75) is 45.3 Å². The summed E-state index contributed by atoms with van der Waals surface area (Å²) in [6, 6.07) is 10.3. The fourth-order valence-electron chi connectivity index (χ4n) is 4.06. The van der Waals surface area contributed by atoms with Gasteiger partial charge in [-0.3, -0.25) is 0 Å². The summed E-state index contributed by atoms with van der Waals surface area (Å²) in [5.74, 6) is 0.213. The van der Waals surface area contributed by atoms with Crippen LogP contribution in [0.3, 0.4) is 0 Å². The first-order valence-corrected chi connectivity index (χ1v) is 11.1. The molecule has 0 saturated carbocycles. The first-order chi connectivity index (χ1) is 15.7. The van der Waals surface area contributed by atoms with E-state index in [9.17, 15) is 9.18 Å². The lowest BCUT2D eigenvalue weighted by molar-refractivity contribution is 0.0189. The molecule has 1 aliphatic rings. The molecule has 0 radical (unpaired) electrons. The van der Waals surface area contributed by atoms with Crippen LogP contribution in [0.15, 0.2) is 48.9 Å². The van der Waals surface area contributed by atoms with Gasteiger partial charge in [-0.15, -0.1) is 0 Å². The molecule has 4 rings (SSSR count). The SMILES string of the molecule is COc1cc(-c2c(-c3ccc(F)cc3)ncn2C2CCN(C(=O)OC(C)(C)C)CC2)ccn1. The van der Waals surface area contributed by atoms with Crippen molar-refractivity contribution in [3.8, 4) is 28.4 Å². The number of carbonyl (C=O) groups excluding carboxylic acids is 1. The van der Waals surface area contributed by atoms with E-state index in [0.717, 1.165) is 35.4 Å². The zero-order valence-corrected chi connectivity index (χ0v) is 19.4. The molecule has 1 saturated heterocycles. The zero-order chi connectivity index (χ0) is 23.6. The Kier molecular flexibility index (Phi) is 6.35. The Balaban J connectivity index is 1.65. The van der Waals surface area contributed by atoms with Gasteiger partial charge in [0, 0.05) is 42.5 Å². The van der Waals surface area contributed by atoms with Crippen LogP contribution in [0.25, 0.3) is 22.5 Å². The third kappa shape index (κ3) is 5.16. The number of pyridine rings is 1. The van der Waals surface area contributed by atoms with E-state index in [0.29, 0.717) is 19.0 Å². The zero-order valence-electron chi connectivity index (χ0n) is 19.4. The Bertz CT molecular complexity index is 1110. The van der Waals surface area contributed by atoms with Crippen LogP contribution in [-0.2, 0) is 4.74 Å². The fraction of sp³-hybridized carbons (Fsp3) is 0.400. The van der Waals surface area contributed by atoms with Gasteiger partial charge in [0.2, 0.25) is 5.88 Å². The molecule has 0 bridgehead atoms. The number of hydrogen-bond donors (Lipinski definition) is 0. The Labute approximate surface area is 193 Å². The molecule has 0 N–H and O–H groups in total. The second-order valence-electron chi connectivity index (χ2n) is 9.14. The predicted octanol–water partition coefficient (Wildman–Crippen LogP) is 5.33. The highest BCUT2D eigenvalue weighted by molar-refractivity contribution is 5.79. The standard InChI is InChI=1S/C25H29FN4O3/c1-25(2,3)33-24(31)29-13-10-20(11-14-29)30-16-28-22(17-5-7-19(26)8-6-17)23(30)18-9-12-27-21(15-18)32-4/h5-9,12,15-16,20H,10-11,13-14H2,1-4H3. The van der Waals surface area contributed by atoms with E-state index >= 15 is 0 Å². The molecule has 174 valence electrons. The molecule has 1 amide bonds. The minimum Gasteiger partial charge on any atom is -0.481 e. The van der Waals surface area contributed by atoms with Gasteiger partial charge in [-0.05, 0) is 63.9 Å². The lowest BCUT2D eigenvalue weighted by Gasteiger charge is -2.34. The van der Waals surface area contributed by atoms with Gasteiger partial charge in [0.05, 0.1) is 24.8 Å². The van der Waals surface area contributed by atoms with Crippen LogP contribution in [0.4, 0.5) is 9.18 Å². The van der Waals surface area contributed by atoms with Crippen molar-refractivity contribution in [3.05, 3.63) is 54.7 Å². The lowest BCUT2D eigenvalue weighted by Crippen LogP contribution is -2.42. The first kappa shape index (κ1) is 22.8. The molecular formula is C25H29FN4O3. The summed E-state index contributed by atoms with van der Waals surface area (Å²) in [6.45, 7) is 6.81.